The predicted octanol–water partition coefficient (Wildman–Crippen LogP) is 6.94. The van der Waals surface area contributed by atoms with Gasteiger partial charge in [-0.05, 0) is 60.4 Å². The van der Waals surface area contributed by atoms with E-state index < -0.39 is 18.2 Å². The Kier molecular flexibility index (Phi) is 15.4. The fourth-order valence-electron chi connectivity index (χ4n) is 6.70. The number of methoxy groups -OCH3 is 2. The molecule has 58 heavy (non-hydrogen) atoms. The van der Waals surface area contributed by atoms with Gasteiger partial charge in [-0.25, -0.2) is 19.6 Å². The van der Waals surface area contributed by atoms with Gasteiger partial charge in [0.05, 0.1) is 56.1 Å². The maximum Gasteiger partial charge on any atom is 0.407 e. The number of imidazole rings is 2. The van der Waals surface area contributed by atoms with Crippen molar-refractivity contribution in [1.29, 1.82) is 0 Å². The first-order chi connectivity index (χ1) is 28.0. The minimum atomic E-state index is -0.685. The SMILES string of the molecule is CCC.COC(=O)NCC(=O)NCCCCc1ncc(-c2cnc3cc(-c4ccc(-c5cnc(C6CCCN6C(=O)C(NC(=O)OC)C(C)C)[nH]5)cc4)ccc3c2)[nH]1. The summed E-state index contributed by atoms with van der Waals surface area (Å²) >= 11 is 0. The Morgan fingerprint density at radius 2 is 1.50 bits per heavy atom. The lowest BCUT2D eigenvalue weighted by atomic mass is 10.0. The highest BCUT2D eigenvalue weighted by atomic mass is 16.5. The van der Waals surface area contributed by atoms with Crippen LogP contribution in [0.15, 0.2) is 67.1 Å². The minimum absolute atomic E-state index is 0.103. The zero-order valence-electron chi connectivity index (χ0n) is 34.2. The summed E-state index contributed by atoms with van der Waals surface area (Å²) < 4.78 is 9.21. The second-order valence-electron chi connectivity index (χ2n) is 14.5. The highest BCUT2D eigenvalue weighted by Crippen LogP contribution is 2.33. The van der Waals surface area contributed by atoms with Crippen molar-refractivity contribution in [1.82, 2.24) is 45.8 Å². The monoisotopic (exact) mass is 793 g/mol. The molecule has 2 atom stereocenters. The molecule has 1 saturated heterocycles. The fraction of sp³-hybridized carbons (Fsp3) is 0.419. The number of hydrogen-bond acceptors (Lipinski definition) is 9. The first-order valence-electron chi connectivity index (χ1n) is 19.9. The van der Waals surface area contributed by atoms with Crippen LogP contribution in [0.3, 0.4) is 0 Å². The van der Waals surface area contributed by atoms with E-state index in [2.05, 4.69) is 103 Å². The Bertz CT molecular complexity index is 2150. The van der Waals surface area contributed by atoms with Gasteiger partial charge in [-0.1, -0.05) is 70.5 Å². The average molecular weight is 794 g/mol. The Labute approximate surface area is 339 Å². The molecule has 308 valence electrons. The molecule has 1 aliphatic heterocycles. The molecule has 15 heteroatoms. The van der Waals surface area contributed by atoms with Gasteiger partial charge in [-0.15, -0.1) is 0 Å². The molecule has 4 amide bonds. The number of H-pyrrole nitrogens is 2. The van der Waals surface area contributed by atoms with E-state index in [1.807, 2.05) is 31.1 Å². The summed E-state index contributed by atoms with van der Waals surface area (Å²) in [5.41, 5.74) is 6.64. The van der Waals surface area contributed by atoms with Crippen LogP contribution in [0.1, 0.15) is 77.5 Å². The summed E-state index contributed by atoms with van der Waals surface area (Å²) in [4.78, 5) is 70.9. The van der Waals surface area contributed by atoms with Gasteiger partial charge in [-0.3, -0.25) is 14.6 Å². The first-order valence-corrected chi connectivity index (χ1v) is 19.9. The van der Waals surface area contributed by atoms with Crippen molar-refractivity contribution >= 4 is 34.9 Å². The van der Waals surface area contributed by atoms with E-state index in [-0.39, 0.29) is 30.3 Å². The van der Waals surface area contributed by atoms with Crippen LogP contribution in [0.25, 0.3) is 44.5 Å². The Balaban J connectivity index is 0.00000207. The van der Waals surface area contributed by atoms with Gasteiger partial charge in [-0.2, -0.15) is 0 Å². The van der Waals surface area contributed by atoms with Gasteiger partial charge in [0.2, 0.25) is 11.8 Å². The zero-order chi connectivity index (χ0) is 41.6. The summed E-state index contributed by atoms with van der Waals surface area (Å²) in [6.45, 7) is 9.03. The molecule has 0 bridgehead atoms. The smallest absolute Gasteiger partial charge is 0.407 e. The van der Waals surface area contributed by atoms with Crippen LogP contribution in [-0.2, 0) is 25.5 Å². The number of carbonyl (C=O) groups is 4. The molecule has 2 aromatic carbocycles. The number of ether oxygens (including phenoxy) is 2. The molecular formula is C43H55N9O6. The number of nitrogens with zero attached hydrogens (tertiary/aromatic N) is 4. The van der Waals surface area contributed by atoms with Crippen molar-refractivity contribution in [2.24, 2.45) is 5.92 Å². The molecule has 0 spiro atoms. The number of aromatic nitrogens is 5. The van der Waals surface area contributed by atoms with E-state index in [4.69, 9.17) is 9.72 Å². The third kappa shape index (κ3) is 11.2. The van der Waals surface area contributed by atoms with E-state index >= 15 is 0 Å². The number of benzene rings is 2. The zero-order valence-corrected chi connectivity index (χ0v) is 34.2. The summed E-state index contributed by atoms with van der Waals surface area (Å²) in [5, 5.41) is 8.82. The van der Waals surface area contributed by atoms with Crippen LogP contribution in [0, 0.1) is 5.92 Å². The number of nitrogens with one attached hydrogen (secondary N) is 5. The number of hydrogen-bond donors (Lipinski definition) is 5. The Hall–Kier alpha value is -6.25. The van der Waals surface area contributed by atoms with Crippen LogP contribution < -0.4 is 16.0 Å². The normalized spacial score (nSPS) is 14.1. The van der Waals surface area contributed by atoms with Crippen molar-refractivity contribution in [3.63, 3.8) is 0 Å². The molecule has 0 radical (unpaired) electrons. The number of carbonyl (C=O) groups excluding carboxylic acids is 4. The molecule has 1 aliphatic rings. The molecule has 0 aliphatic carbocycles. The second kappa shape index (κ2) is 20.8. The van der Waals surface area contributed by atoms with Gasteiger partial charge in [0, 0.05) is 36.7 Å². The number of rotatable bonds is 14. The van der Waals surface area contributed by atoms with Crippen molar-refractivity contribution < 1.29 is 28.7 Å². The molecule has 1 fully saturated rings. The average Bonchev–Trinajstić information content (AvgIpc) is 4.03. The van der Waals surface area contributed by atoms with Gasteiger partial charge < -0.3 is 40.3 Å². The minimum Gasteiger partial charge on any atom is -0.453 e. The summed E-state index contributed by atoms with van der Waals surface area (Å²) in [6.07, 6.45) is 9.42. The molecule has 15 nitrogen and oxygen atoms in total. The number of pyridine rings is 1. The van der Waals surface area contributed by atoms with Gasteiger partial charge in [0.25, 0.3) is 0 Å². The highest BCUT2D eigenvalue weighted by molar-refractivity contribution is 5.88. The largest absolute Gasteiger partial charge is 0.453 e. The number of unbranched alkanes of at least 4 members (excludes halogenated alkanes) is 1. The number of aryl methyl sites for hydroxylation is 1. The summed E-state index contributed by atoms with van der Waals surface area (Å²) in [7, 11) is 2.54. The van der Waals surface area contributed by atoms with Gasteiger partial charge in [0.15, 0.2) is 0 Å². The van der Waals surface area contributed by atoms with Crippen molar-refractivity contribution in [3.8, 4) is 33.6 Å². The standard InChI is InChI=1S/C40H47N9O6.C3H8/c1-24(2)36(48-40(53)55-4)38(51)49-17-7-8-33(49)37-44-22-31(47-37)26-12-10-25(11-13-26)27-14-15-28-18-29(20-42-30(28)19-27)32-21-43-34(46-32)9-5-6-16-41-35(50)23-45-39(52)54-3;1-3-2/h10-15,18-22,24,33,36H,5-9,16-17,23H2,1-4H3,(H,41,50)(H,43,46)(H,44,47)(H,45,52)(H,48,53);3H2,1-2H3. The Morgan fingerprint density at radius 1 is 0.810 bits per heavy atom. The first kappa shape index (κ1) is 42.9. The van der Waals surface area contributed by atoms with Crippen molar-refractivity contribution in [3.05, 3.63) is 78.8 Å². The van der Waals surface area contributed by atoms with E-state index in [0.29, 0.717) is 13.1 Å². The molecule has 4 heterocycles. The predicted molar refractivity (Wildman–Crippen MR) is 223 cm³/mol. The quantitative estimate of drug-likeness (QED) is 0.0740. The molecule has 2 unspecified atom stereocenters. The molecular weight excluding hydrogens is 739 g/mol. The van der Waals surface area contributed by atoms with Crippen LogP contribution in [0.2, 0.25) is 0 Å². The lowest BCUT2D eigenvalue weighted by Crippen LogP contribution is -2.51. The number of fused-ring (bicyclic) bond motifs is 1. The highest BCUT2D eigenvalue weighted by Gasteiger charge is 2.37. The summed E-state index contributed by atoms with van der Waals surface area (Å²) in [5.74, 6) is 1.08. The maximum absolute atomic E-state index is 13.5. The van der Waals surface area contributed by atoms with Crippen LogP contribution >= 0.6 is 0 Å². The van der Waals surface area contributed by atoms with E-state index in [1.54, 1.807) is 6.20 Å². The van der Waals surface area contributed by atoms with Crippen LogP contribution in [0.4, 0.5) is 9.59 Å². The number of amides is 4. The molecule has 0 saturated carbocycles. The Morgan fingerprint density at radius 3 is 2.22 bits per heavy atom. The molecule has 6 rings (SSSR count). The van der Waals surface area contributed by atoms with Crippen LogP contribution in [0.5, 0.6) is 0 Å². The van der Waals surface area contributed by atoms with Gasteiger partial charge >= 0.3 is 12.2 Å². The van der Waals surface area contributed by atoms with Crippen molar-refractivity contribution in [2.75, 3.05) is 33.9 Å². The third-order valence-electron chi connectivity index (χ3n) is 9.73. The van der Waals surface area contributed by atoms with E-state index in [9.17, 15) is 19.2 Å². The molecule has 5 N–H and O–H groups in total. The lowest BCUT2D eigenvalue weighted by molar-refractivity contribution is -0.135. The number of alkyl carbamates (subject to hydrolysis) is 2. The van der Waals surface area contributed by atoms with Gasteiger partial charge in [0.1, 0.15) is 17.7 Å². The van der Waals surface area contributed by atoms with Crippen molar-refractivity contribution in [2.45, 2.75) is 78.3 Å². The second-order valence-corrected chi connectivity index (χ2v) is 14.5. The topological polar surface area (TPSA) is 196 Å². The van der Waals surface area contributed by atoms with Crippen LogP contribution in [-0.4, -0.2) is 93.7 Å². The molecule has 3 aromatic heterocycles. The summed E-state index contributed by atoms with van der Waals surface area (Å²) in [6, 6.07) is 15.7. The fourth-order valence-corrected chi connectivity index (χ4v) is 6.70. The van der Waals surface area contributed by atoms with E-state index in [0.717, 1.165) is 88.3 Å². The lowest BCUT2D eigenvalue weighted by Gasteiger charge is -2.30. The number of likely N-dealkylation sites (tertiary alicyclic amines) is 1. The number of aromatic amines is 2. The third-order valence-corrected chi connectivity index (χ3v) is 9.73. The van der Waals surface area contributed by atoms with E-state index in [1.165, 1.54) is 20.6 Å². The molecule has 5 aromatic rings. The maximum atomic E-state index is 13.5.